The third kappa shape index (κ3) is 2.34. The molecule has 0 heterocycles. The van der Waals surface area contributed by atoms with Crippen molar-refractivity contribution in [1.82, 2.24) is 0 Å². The summed E-state index contributed by atoms with van der Waals surface area (Å²) < 4.78 is 5.18. The van der Waals surface area contributed by atoms with Crippen LogP contribution in [0.2, 0.25) is 10.0 Å². The maximum absolute atomic E-state index is 9.25. The van der Waals surface area contributed by atoms with Gasteiger partial charge in [-0.05, 0) is 13.0 Å². The average molecular weight is 233 g/mol. The maximum atomic E-state index is 9.25. The fraction of sp³-hybridized carbons (Fsp3) is 0.200. The zero-order chi connectivity index (χ0) is 10.7. The summed E-state index contributed by atoms with van der Waals surface area (Å²) in [7, 11) is 0. The van der Waals surface area contributed by atoms with Gasteiger partial charge in [-0.2, -0.15) is 0 Å². The first kappa shape index (κ1) is 11.2. The van der Waals surface area contributed by atoms with Gasteiger partial charge in [0, 0.05) is 11.6 Å². The van der Waals surface area contributed by atoms with Crippen LogP contribution in [-0.4, -0.2) is 11.7 Å². The van der Waals surface area contributed by atoms with Crippen LogP contribution < -0.4 is 0 Å². The van der Waals surface area contributed by atoms with Crippen molar-refractivity contribution in [2.75, 3.05) is 6.61 Å². The van der Waals surface area contributed by atoms with E-state index in [2.05, 4.69) is 6.58 Å². The van der Waals surface area contributed by atoms with Gasteiger partial charge in [-0.25, -0.2) is 0 Å². The van der Waals surface area contributed by atoms with E-state index in [9.17, 15) is 5.11 Å². The molecule has 0 aliphatic heterocycles. The monoisotopic (exact) mass is 232 g/mol. The number of hydrogen-bond acceptors (Lipinski definition) is 2. The van der Waals surface area contributed by atoms with Gasteiger partial charge in [-0.1, -0.05) is 29.8 Å². The van der Waals surface area contributed by atoms with Gasteiger partial charge in [0.05, 0.1) is 16.7 Å². The molecule has 0 unspecified atom stereocenters. The largest absolute Gasteiger partial charge is 0.506 e. The molecule has 76 valence electrons. The van der Waals surface area contributed by atoms with Crippen LogP contribution in [0.4, 0.5) is 0 Å². The Kier molecular flexibility index (Phi) is 3.67. The molecule has 1 N–H and O–H groups in total. The van der Waals surface area contributed by atoms with Gasteiger partial charge in [0.25, 0.3) is 0 Å². The molecule has 0 fully saturated rings. The minimum Gasteiger partial charge on any atom is -0.506 e. The summed E-state index contributed by atoms with van der Waals surface area (Å²) in [5.41, 5.74) is 0.594. The molecule has 4 heteroatoms. The highest BCUT2D eigenvalue weighted by molar-refractivity contribution is 6.35. The van der Waals surface area contributed by atoms with E-state index in [4.69, 9.17) is 27.9 Å². The van der Waals surface area contributed by atoms with Crippen molar-refractivity contribution >= 4 is 29.0 Å². The first-order valence-electron chi connectivity index (χ1n) is 4.06. The molecule has 0 spiro atoms. The maximum Gasteiger partial charge on any atom is 0.135 e. The summed E-state index contributed by atoms with van der Waals surface area (Å²) in [6, 6.07) is 2.89. The molecular formula is C10H10Cl2O2. The number of halogens is 2. The summed E-state index contributed by atoms with van der Waals surface area (Å²) in [6.07, 6.45) is 0. The number of benzene rings is 1. The van der Waals surface area contributed by atoms with Gasteiger partial charge in [0.15, 0.2) is 0 Å². The normalized spacial score (nSPS) is 9.93. The van der Waals surface area contributed by atoms with Gasteiger partial charge >= 0.3 is 0 Å². The number of aromatic hydroxyl groups is 1. The van der Waals surface area contributed by atoms with Crippen LogP contribution in [0.5, 0.6) is 5.75 Å². The number of phenolic OH excluding ortho intramolecular Hbond substituents is 1. The Morgan fingerprint density at radius 2 is 2.07 bits per heavy atom. The fourth-order valence-electron chi connectivity index (χ4n) is 1.00. The van der Waals surface area contributed by atoms with Crippen LogP contribution in [0, 0.1) is 0 Å². The summed E-state index contributed by atoms with van der Waals surface area (Å²) in [5.74, 6) is 0.393. The highest BCUT2D eigenvalue weighted by atomic mass is 35.5. The van der Waals surface area contributed by atoms with Crippen LogP contribution in [0.15, 0.2) is 18.7 Å². The van der Waals surface area contributed by atoms with Gasteiger partial charge in [-0.15, -0.1) is 0 Å². The summed E-state index contributed by atoms with van der Waals surface area (Å²) in [6.45, 7) is 6.06. The van der Waals surface area contributed by atoms with Crippen molar-refractivity contribution in [3.63, 3.8) is 0 Å². The van der Waals surface area contributed by atoms with Crippen LogP contribution >= 0.6 is 23.2 Å². The smallest absolute Gasteiger partial charge is 0.135 e. The Hall–Kier alpha value is -0.860. The lowest BCUT2D eigenvalue weighted by atomic mass is 10.2. The van der Waals surface area contributed by atoms with Gasteiger partial charge < -0.3 is 9.84 Å². The molecule has 0 aromatic heterocycles. The number of ether oxygens (including phenoxy) is 1. The Labute approximate surface area is 92.7 Å². The predicted molar refractivity (Wildman–Crippen MR) is 58.8 cm³/mol. The Morgan fingerprint density at radius 3 is 2.64 bits per heavy atom. The Morgan fingerprint density at radius 1 is 1.43 bits per heavy atom. The van der Waals surface area contributed by atoms with Crippen LogP contribution in [-0.2, 0) is 4.74 Å². The third-order valence-electron chi connectivity index (χ3n) is 1.66. The van der Waals surface area contributed by atoms with Gasteiger partial charge in [-0.3, -0.25) is 0 Å². The van der Waals surface area contributed by atoms with Gasteiger partial charge in [0.1, 0.15) is 11.5 Å². The second kappa shape index (κ2) is 4.58. The van der Waals surface area contributed by atoms with Crippen molar-refractivity contribution in [2.24, 2.45) is 0 Å². The molecule has 2 nitrogen and oxygen atoms in total. The SMILES string of the molecule is C=C(OCC)c1cc(Cl)c(O)cc1Cl. The molecule has 0 atom stereocenters. The molecule has 0 aliphatic carbocycles. The van der Waals surface area contributed by atoms with E-state index in [-0.39, 0.29) is 10.8 Å². The molecule has 1 aromatic carbocycles. The highest BCUT2D eigenvalue weighted by Crippen LogP contribution is 2.33. The predicted octanol–water partition coefficient (Wildman–Crippen LogP) is 3.71. The van der Waals surface area contributed by atoms with Crippen LogP contribution in [0.1, 0.15) is 12.5 Å². The second-order valence-corrected chi connectivity index (χ2v) is 3.45. The van der Waals surface area contributed by atoms with Crippen molar-refractivity contribution in [1.29, 1.82) is 0 Å². The molecule has 1 aromatic rings. The van der Waals surface area contributed by atoms with E-state index in [1.165, 1.54) is 12.1 Å². The Balaban J connectivity index is 3.09. The van der Waals surface area contributed by atoms with E-state index in [0.717, 1.165) is 0 Å². The zero-order valence-corrected chi connectivity index (χ0v) is 9.19. The van der Waals surface area contributed by atoms with E-state index >= 15 is 0 Å². The van der Waals surface area contributed by atoms with Crippen molar-refractivity contribution in [2.45, 2.75) is 6.92 Å². The van der Waals surface area contributed by atoms with Crippen molar-refractivity contribution in [3.8, 4) is 5.75 Å². The fourth-order valence-corrected chi connectivity index (χ4v) is 1.43. The zero-order valence-electron chi connectivity index (χ0n) is 7.68. The highest BCUT2D eigenvalue weighted by Gasteiger charge is 2.09. The lowest BCUT2D eigenvalue weighted by molar-refractivity contribution is 0.299. The lowest BCUT2D eigenvalue weighted by Crippen LogP contribution is -1.91. The van der Waals surface area contributed by atoms with Gasteiger partial charge in [0.2, 0.25) is 0 Å². The molecule has 0 amide bonds. The topological polar surface area (TPSA) is 29.5 Å². The van der Waals surface area contributed by atoms with E-state index < -0.39 is 0 Å². The second-order valence-electron chi connectivity index (χ2n) is 2.64. The minimum absolute atomic E-state index is 0.0512. The molecule has 0 aliphatic rings. The number of hydrogen-bond donors (Lipinski definition) is 1. The van der Waals surface area contributed by atoms with Crippen molar-refractivity contribution < 1.29 is 9.84 Å². The average Bonchev–Trinajstić information content (AvgIpc) is 2.11. The minimum atomic E-state index is -0.0512. The summed E-state index contributed by atoms with van der Waals surface area (Å²) in [5, 5.41) is 9.84. The standard InChI is InChI=1S/C10H10Cl2O2/c1-3-14-6(2)7-4-9(12)10(13)5-8(7)11/h4-5,13H,2-3H2,1H3. The van der Waals surface area contributed by atoms with Crippen LogP contribution in [0.3, 0.4) is 0 Å². The molecular weight excluding hydrogens is 223 g/mol. The third-order valence-corrected chi connectivity index (χ3v) is 2.27. The molecule has 0 saturated carbocycles. The number of rotatable bonds is 3. The first-order chi connectivity index (χ1) is 6.56. The van der Waals surface area contributed by atoms with E-state index in [1.54, 1.807) is 0 Å². The quantitative estimate of drug-likeness (QED) is 0.806. The summed E-state index contributed by atoms with van der Waals surface area (Å²) >= 11 is 11.6. The first-order valence-corrected chi connectivity index (χ1v) is 4.82. The molecule has 0 saturated heterocycles. The summed E-state index contributed by atoms with van der Waals surface area (Å²) in [4.78, 5) is 0. The molecule has 1 rings (SSSR count). The van der Waals surface area contributed by atoms with Crippen LogP contribution in [0.25, 0.3) is 5.76 Å². The Bertz CT molecular complexity index is 361. The van der Waals surface area contributed by atoms with Crippen molar-refractivity contribution in [3.05, 3.63) is 34.3 Å². The molecule has 0 bridgehead atoms. The molecule has 14 heavy (non-hydrogen) atoms. The van der Waals surface area contributed by atoms with E-state index in [0.29, 0.717) is 23.0 Å². The van der Waals surface area contributed by atoms with E-state index in [1.807, 2.05) is 6.92 Å². The number of phenols is 1. The lowest BCUT2D eigenvalue weighted by Gasteiger charge is -2.09. The molecule has 0 radical (unpaired) electrons.